The minimum atomic E-state index is -0.436. The van der Waals surface area contributed by atoms with Crippen LogP contribution in [0.2, 0.25) is 0 Å². The Morgan fingerprint density at radius 3 is 2.38 bits per heavy atom. The summed E-state index contributed by atoms with van der Waals surface area (Å²) in [6.07, 6.45) is 0. The summed E-state index contributed by atoms with van der Waals surface area (Å²) in [5, 5.41) is 5.78. The number of hydrogen-bond donors (Lipinski definition) is 2. The molecule has 5 nitrogen and oxygen atoms in total. The van der Waals surface area contributed by atoms with Crippen LogP contribution in [0.3, 0.4) is 0 Å². The van der Waals surface area contributed by atoms with Crippen molar-refractivity contribution in [1.29, 1.82) is 0 Å². The van der Waals surface area contributed by atoms with Crippen molar-refractivity contribution >= 4 is 17.6 Å². The average Bonchev–Trinajstić information content (AvgIpc) is 2.83. The summed E-state index contributed by atoms with van der Waals surface area (Å²) >= 11 is 0. The largest absolute Gasteiger partial charge is 0.374 e. The second-order valence-corrected chi connectivity index (χ2v) is 6.42. The number of amides is 3. The number of hydrogen-bond acceptors (Lipinski definition) is 3. The van der Waals surface area contributed by atoms with Crippen LogP contribution in [0.4, 0.5) is 10.5 Å². The molecule has 0 spiro atoms. The van der Waals surface area contributed by atoms with Crippen LogP contribution in [0, 0.1) is 0 Å². The fourth-order valence-corrected chi connectivity index (χ4v) is 2.29. The molecule has 0 radical (unpaired) electrons. The third kappa shape index (κ3) is 3.54. The van der Waals surface area contributed by atoms with E-state index in [1.54, 1.807) is 6.92 Å². The Labute approximate surface area is 125 Å². The maximum atomic E-state index is 12.2. The van der Waals surface area contributed by atoms with Crippen LogP contribution >= 0.6 is 0 Å². The Balaban J connectivity index is 2.01. The van der Waals surface area contributed by atoms with Gasteiger partial charge in [-0.1, -0.05) is 32.9 Å². The standard InChI is InChI=1S/C16H23N3O2/c1-11(14(20)19-10-9-17-15(19)21)18-13-7-5-12(6-8-13)16(2,3)4/h5-8,11,18H,9-10H2,1-4H3,(H,17,21). The SMILES string of the molecule is CC(Nc1ccc(C(C)(C)C)cc1)C(=O)N1CCNC1=O. The first-order valence-corrected chi connectivity index (χ1v) is 7.25. The molecule has 1 unspecified atom stereocenters. The first-order chi connectivity index (χ1) is 9.79. The summed E-state index contributed by atoms with van der Waals surface area (Å²) in [6.45, 7) is 9.21. The lowest BCUT2D eigenvalue weighted by Crippen LogP contribution is -2.43. The minimum absolute atomic E-state index is 0.105. The summed E-state index contributed by atoms with van der Waals surface area (Å²) in [5.41, 5.74) is 2.22. The normalized spacial score (nSPS) is 16.6. The molecule has 3 amide bonds. The van der Waals surface area contributed by atoms with Gasteiger partial charge < -0.3 is 10.6 Å². The molecule has 2 N–H and O–H groups in total. The van der Waals surface area contributed by atoms with Gasteiger partial charge in [-0.05, 0) is 30.0 Å². The van der Waals surface area contributed by atoms with Gasteiger partial charge >= 0.3 is 6.03 Å². The van der Waals surface area contributed by atoms with E-state index in [0.29, 0.717) is 13.1 Å². The summed E-state index contributed by atoms with van der Waals surface area (Å²) < 4.78 is 0. The van der Waals surface area contributed by atoms with E-state index < -0.39 is 6.04 Å². The van der Waals surface area contributed by atoms with E-state index in [1.807, 2.05) is 12.1 Å². The van der Waals surface area contributed by atoms with Crippen LogP contribution in [0.1, 0.15) is 33.3 Å². The molecule has 0 aromatic heterocycles. The van der Waals surface area contributed by atoms with Gasteiger partial charge in [0.2, 0.25) is 0 Å². The van der Waals surface area contributed by atoms with Crippen LogP contribution in [-0.2, 0) is 10.2 Å². The van der Waals surface area contributed by atoms with Gasteiger partial charge in [0.25, 0.3) is 5.91 Å². The second kappa shape index (κ2) is 5.76. The molecular weight excluding hydrogens is 266 g/mol. The minimum Gasteiger partial charge on any atom is -0.374 e. The van der Waals surface area contributed by atoms with Crippen LogP contribution in [0.25, 0.3) is 0 Å². The molecule has 1 aromatic rings. The molecule has 0 saturated carbocycles. The molecule has 1 fully saturated rings. The summed E-state index contributed by atoms with van der Waals surface area (Å²) in [4.78, 5) is 24.9. The fourth-order valence-electron chi connectivity index (χ4n) is 2.29. The summed E-state index contributed by atoms with van der Waals surface area (Å²) in [5.74, 6) is -0.204. The van der Waals surface area contributed by atoms with Crippen molar-refractivity contribution in [1.82, 2.24) is 10.2 Å². The number of carbonyl (C=O) groups excluding carboxylic acids is 2. The monoisotopic (exact) mass is 289 g/mol. The van der Waals surface area contributed by atoms with Crippen molar-refractivity contribution in [2.24, 2.45) is 0 Å². The second-order valence-electron chi connectivity index (χ2n) is 6.42. The Morgan fingerprint density at radius 2 is 1.90 bits per heavy atom. The molecule has 1 heterocycles. The predicted octanol–water partition coefficient (Wildman–Crippen LogP) is 2.34. The molecule has 2 rings (SSSR count). The van der Waals surface area contributed by atoms with Crippen molar-refractivity contribution in [3.8, 4) is 0 Å². The van der Waals surface area contributed by atoms with E-state index in [-0.39, 0.29) is 17.4 Å². The number of anilines is 1. The fraction of sp³-hybridized carbons (Fsp3) is 0.500. The van der Waals surface area contributed by atoms with Crippen LogP contribution in [0.5, 0.6) is 0 Å². The number of nitrogens with zero attached hydrogens (tertiary/aromatic N) is 1. The van der Waals surface area contributed by atoms with E-state index in [2.05, 4.69) is 43.5 Å². The Morgan fingerprint density at radius 1 is 1.29 bits per heavy atom. The highest BCUT2D eigenvalue weighted by molar-refractivity contribution is 5.99. The number of carbonyl (C=O) groups is 2. The molecule has 1 saturated heterocycles. The zero-order chi connectivity index (χ0) is 15.6. The van der Waals surface area contributed by atoms with Gasteiger partial charge in [0, 0.05) is 18.8 Å². The molecular formula is C16H23N3O2. The van der Waals surface area contributed by atoms with Gasteiger partial charge in [0.05, 0.1) is 0 Å². The lowest BCUT2D eigenvalue weighted by Gasteiger charge is -2.22. The van der Waals surface area contributed by atoms with Gasteiger partial charge in [-0.2, -0.15) is 0 Å². The van der Waals surface area contributed by atoms with Gasteiger partial charge in [0.1, 0.15) is 6.04 Å². The molecule has 0 bridgehead atoms. The van der Waals surface area contributed by atoms with Crippen molar-refractivity contribution in [2.45, 2.75) is 39.2 Å². The molecule has 21 heavy (non-hydrogen) atoms. The number of nitrogens with one attached hydrogen (secondary N) is 2. The number of benzene rings is 1. The smallest absolute Gasteiger partial charge is 0.324 e. The molecule has 1 aliphatic heterocycles. The molecule has 114 valence electrons. The van der Waals surface area contributed by atoms with Crippen molar-refractivity contribution < 1.29 is 9.59 Å². The summed E-state index contributed by atoms with van der Waals surface area (Å²) in [6, 6.07) is 7.30. The average molecular weight is 289 g/mol. The molecule has 5 heteroatoms. The Bertz CT molecular complexity index is 531. The molecule has 1 aromatic carbocycles. The zero-order valence-corrected chi connectivity index (χ0v) is 13.1. The molecule has 1 aliphatic rings. The van der Waals surface area contributed by atoms with Gasteiger partial charge in [0.15, 0.2) is 0 Å². The highest BCUT2D eigenvalue weighted by atomic mass is 16.2. The maximum absolute atomic E-state index is 12.2. The number of urea groups is 1. The van der Waals surface area contributed by atoms with E-state index in [4.69, 9.17) is 0 Å². The predicted molar refractivity (Wildman–Crippen MR) is 83.3 cm³/mol. The lowest BCUT2D eigenvalue weighted by molar-refractivity contribution is -0.128. The van der Waals surface area contributed by atoms with Gasteiger partial charge in [-0.15, -0.1) is 0 Å². The third-order valence-corrected chi connectivity index (χ3v) is 3.63. The van der Waals surface area contributed by atoms with E-state index in [1.165, 1.54) is 10.5 Å². The number of rotatable bonds is 3. The van der Waals surface area contributed by atoms with Crippen LogP contribution < -0.4 is 10.6 Å². The first-order valence-electron chi connectivity index (χ1n) is 7.25. The molecule has 0 aliphatic carbocycles. The third-order valence-electron chi connectivity index (χ3n) is 3.63. The van der Waals surface area contributed by atoms with Crippen LogP contribution in [0.15, 0.2) is 24.3 Å². The van der Waals surface area contributed by atoms with E-state index >= 15 is 0 Å². The van der Waals surface area contributed by atoms with Crippen molar-refractivity contribution in [3.63, 3.8) is 0 Å². The topological polar surface area (TPSA) is 61.4 Å². The highest BCUT2D eigenvalue weighted by Crippen LogP contribution is 2.23. The van der Waals surface area contributed by atoms with Gasteiger partial charge in [-0.25, -0.2) is 4.79 Å². The van der Waals surface area contributed by atoms with Crippen molar-refractivity contribution in [3.05, 3.63) is 29.8 Å². The Hall–Kier alpha value is -2.04. The Kier molecular flexibility index (Phi) is 4.21. The molecule has 1 atom stereocenters. The summed E-state index contributed by atoms with van der Waals surface area (Å²) in [7, 11) is 0. The number of imide groups is 1. The zero-order valence-electron chi connectivity index (χ0n) is 13.1. The van der Waals surface area contributed by atoms with E-state index in [0.717, 1.165) is 5.69 Å². The lowest BCUT2D eigenvalue weighted by atomic mass is 9.87. The quantitative estimate of drug-likeness (QED) is 0.898. The first kappa shape index (κ1) is 15.4. The maximum Gasteiger partial charge on any atom is 0.324 e. The van der Waals surface area contributed by atoms with E-state index in [9.17, 15) is 9.59 Å². The van der Waals surface area contributed by atoms with Crippen LogP contribution in [-0.4, -0.2) is 36.0 Å². The van der Waals surface area contributed by atoms with Crippen molar-refractivity contribution in [2.75, 3.05) is 18.4 Å². The van der Waals surface area contributed by atoms with Gasteiger partial charge in [-0.3, -0.25) is 9.69 Å². The highest BCUT2D eigenvalue weighted by Gasteiger charge is 2.29.